The summed E-state index contributed by atoms with van der Waals surface area (Å²) in [6.45, 7) is 13.1. The Morgan fingerprint density at radius 1 is 0.960 bits per heavy atom. The molecule has 2 rings (SSSR count). The number of carbonyl (C=O) groups is 2. The molecule has 1 saturated heterocycles. The summed E-state index contributed by atoms with van der Waals surface area (Å²) < 4.78 is 16.5. The SMILES string of the molecule is CC(C)=C1C(=O)OC(=O)C1=C(C)c1cc(OC(C)C)sc1OC(C)C. The molecule has 0 saturated carbocycles. The smallest absolute Gasteiger partial charge is 0.347 e. The Morgan fingerprint density at radius 3 is 2.04 bits per heavy atom. The zero-order chi connectivity index (χ0) is 18.9. The third-order valence-electron chi connectivity index (χ3n) is 3.49. The maximum atomic E-state index is 12.2. The minimum atomic E-state index is -0.619. The molecule has 0 atom stereocenters. The van der Waals surface area contributed by atoms with Gasteiger partial charge in [-0.2, -0.15) is 0 Å². The largest absolute Gasteiger partial charge is 0.481 e. The van der Waals surface area contributed by atoms with Crippen molar-refractivity contribution >= 4 is 28.8 Å². The van der Waals surface area contributed by atoms with Gasteiger partial charge in [0.2, 0.25) is 0 Å². The molecule has 6 heteroatoms. The lowest BCUT2D eigenvalue weighted by Crippen LogP contribution is -2.06. The van der Waals surface area contributed by atoms with Gasteiger partial charge in [-0.05, 0) is 54.0 Å². The van der Waals surface area contributed by atoms with Gasteiger partial charge in [0.05, 0.1) is 23.4 Å². The fraction of sp³-hybridized carbons (Fsp3) is 0.474. The van der Waals surface area contributed by atoms with Crippen LogP contribution in [0.15, 0.2) is 22.8 Å². The Labute approximate surface area is 152 Å². The average molecular weight is 364 g/mol. The summed E-state index contributed by atoms with van der Waals surface area (Å²) in [5, 5.41) is 1.37. The molecule has 0 bridgehead atoms. The molecule has 0 radical (unpaired) electrons. The van der Waals surface area contributed by atoms with E-state index in [1.165, 1.54) is 11.3 Å². The van der Waals surface area contributed by atoms with Crippen molar-refractivity contribution < 1.29 is 23.8 Å². The van der Waals surface area contributed by atoms with Crippen LogP contribution in [0, 0.1) is 0 Å². The van der Waals surface area contributed by atoms with Crippen LogP contribution in [0.2, 0.25) is 0 Å². The van der Waals surface area contributed by atoms with Crippen LogP contribution in [0.5, 0.6) is 10.1 Å². The van der Waals surface area contributed by atoms with Gasteiger partial charge in [-0.1, -0.05) is 16.9 Å². The van der Waals surface area contributed by atoms with E-state index in [2.05, 4.69) is 0 Å². The second kappa shape index (κ2) is 7.44. The first-order chi connectivity index (χ1) is 11.6. The van der Waals surface area contributed by atoms with E-state index in [4.69, 9.17) is 14.2 Å². The normalized spacial score (nSPS) is 16.6. The molecular weight excluding hydrogens is 340 g/mol. The van der Waals surface area contributed by atoms with Gasteiger partial charge in [-0.25, -0.2) is 9.59 Å². The molecule has 1 aromatic rings. The highest BCUT2D eigenvalue weighted by atomic mass is 32.1. The lowest BCUT2D eigenvalue weighted by atomic mass is 9.96. The first-order valence-corrected chi connectivity index (χ1v) is 9.06. The van der Waals surface area contributed by atoms with Crippen molar-refractivity contribution in [1.29, 1.82) is 0 Å². The van der Waals surface area contributed by atoms with Crippen LogP contribution in [-0.4, -0.2) is 24.1 Å². The molecule has 5 nitrogen and oxygen atoms in total. The lowest BCUT2D eigenvalue weighted by molar-refractivity contribution is -0.149. The van der Waals surface area contributed by atoms with Gasteiger partial charge in [0, 0.05) is 11.6 Å². The summed E-state index contributed by atoms with van der Waals surface area (Å²) in [6, 6.07) is 1.85. The fourth-order valence-electron chi connectivity index (χ4n) is 2.53. The highest BCUT2D eigenvalue weighted by molar-refractivity contribution is 7.16. The highest BCUT2D eigenvalue weighted by Crippen LogP contribution is 2.43. The number of cyclic esters (lactones) is 2. The molecule has 0 N–H and O–H groups in total. The summed E-state index contributed by atoms with van der Waals surface area (Å²) in [7, 11) is 0. The van der Waals surface area contributed by atoms with Gasteiger partial charge in [-0.3, -0.25) is 0 Å². The van der Waals surface area contributed by atoms with Crippen molar-refractivity contribution in [2.45, 2.75) is 60.7 Å². The standard InChI is InChI=1S/C19H24O5S/c1-9(2)15-16(18(21)24-17(15)20)12(7)13-8-14(22-10(3)4)25-19(13)23-11(5)6/h8,10-11H,1-7H3. The Balaban J connectivity index is 2.62. The van der Waals surface area contributed by atoms with Crippen LogP contribution in [0.4, 0.5) is 0 Å². The molecule has 1 aliphatic rings. The van der Waals surface area contributed by atoms with Crippen molar-refractivity contribution in [3.63, 3.8) is 0 Å². The van der Waals surface area contributed by atoms with E-state index in [-0.39, 0.29) is 12.2 Å². The lowest BCUT2D eigenvalue weighted by Gasteiger charge is -2.11. The fourth-order valence-corrected chi connectivity index (χ4v) is 3.69. The van der Waals surface area contributed by atoms with Crippen molar-refractivity contribution in [2.75, 3.05) is 0 Å². The van der Waals surface area contributed by atoms with E-state index in [0.717, 1.165) is 11.1 Å². The van der Waals surface area contributed by atoms with E-state index in [1.807, 2.05) is 33.8 Å². The topological polar surface area (TPSA) is 61.8 Å². The van der Waals surface area contributed by atoms with Gasteiger partial charge in [-0.15, -0.1) is 0 Å². The van der Waals surface area contributed by atoms with Gasteiger partial charge < -0.3 is 14.2 Å². The highest BCUT2D eigenvalue weighted by Gasteiger charge is 2.37. The minimum absolute atomic E-state index is 0.0257. The quantitative estimate of drug-likeness (QED) is 0.437. The average Bonchev–Trinajstić information content (AvgIpc) is 2.97. The predicted octanol–water partition coefficient (Wildman–Crippen LogP) is 4.52. The van der Waals surface area contributed by atoms with E-state index in [1.54, 1.807) is 20.8 Å². The Morgan fingerprint density at radius 2 is 1.52 bits per heavy atom. The number of thiophene rings is 1. The molecule has 1 aliphatic heterocycles. The van der Waals surface area contributed by atoms with Crippen molar-refractivity contribution in [1.82, 2.24) is 0 Å². The van der Waals surface area contributed by atoms with E-state index in [9.17, 15) is 9.59 Å². The van der Waals surface area contributed by atoms with Crippen LogP contribution >= 0.6 is 11.3 Å². The Kier molecular flexibility index (Phi) is 5.72. The van der Waals surface area contributed by atoms with Crippen molar-refractivity contribution in [2.24, 2.45) is 0 Å². The molecule has 136 valence electrons. The second-order valence-electron chi connectivity index (χ2n) is 6.65. The third-order valence-corrected chi connectivity index (χ3v) is 4.41. The summed E-state index contributed by atoms with van der Waals surface area (Å²) in [4.78, 5) is 24.2. The monoisotopic (exact) mass is 364 g/mol. The number of esters is 2. The zero-order valence-electron chi connectivity index (χ0n) is 15.7. The molecule has 0 amide bonds. The number of hydrogen-bond acceptors (Lipinski definition) is 6. The van der Waals surface area contributed by atoms with Crippen LogP contribution in [0.25, 0.3) is 5.57 Å². The molecule has 1 fully saturated rings. The first kappa shape index (κ1) is 19.2. The van der Waals surface area contributed by atoms with E-state index < -0.39 is 11.9 Å². The van der Waals surface area contributed by atoms with Gasteiger partial charge in [0.1, 0.15) is 0 Å². The van der Waals surface area contributed by atoms with Crippen LogP contribution in [0.1, 0.15) is 54.0 Å². The number of carbonyl (C=O) groups excluding carboxylic acids is 2. The molecule has 25 heavy (non-hydrogen) atoms. The maximum Gasteiger partial charge on any atom is 0.347 e. The molecule has 0 aromatic carbocycles. The second-order valence-corrected chi connectivity index (χ2v) is 7.63. The predicted molar refractivity (Wildman–Crippen MR) is 97.9 cm³/mol. The Hall–Kier alpha value is -2.08. The number of allylic oxidation sites excluding steroid dienone is 2. The van der Waals surface area contributed by atoms with Gasteiger partial charge in [0.25, 0.3) is 0 Å². The third kappa shape index (κ3) is 4.12. The molecule has 0 unspecified atom stereocenters. The minimum Gasteiger partial charge on any atom is -0.481 e. The van der Waals surface area contributed by atoms with Crippen LogP contribution < -0.4 is 9.47 Å². The number of ether oxygens (including phenoxy) is 3. The molecule has 0 spiro atoms. The first-order valence-electron chi connectivity index (χ1n) is 8.24. The number of rotatable bonds is 5. The van der Waals surface area contributed by atoms with Crippen LogP contribution in [-0.2, 0) is 14.3 Å². The van der Waals surface area contributed by atoms with Gasteiger partial charge >= 0.3 is 11.9 Å². The molecule has 1 aromatic heterocycles. The molecule has 2 heterocycles. The Bertz CT molecular complexity index is 761. The summed E-state index contributed by atoms with van der Waals surface area (Å²) in [5.74, 6) is -1.22. The maximum absolute atomic E-state index is 12.2. The molecule has 0 aliphatic carbocycles. The van der Waals surface area contributed by atoms with Crippen LogP contribution in [0.3, 0.4) is 0 Å². The summed E-state index contributed by atoms with van der Waals surface area (Å²) in [6.07, 6.45) is -0.0000823. The summed E-state index contributed by atoms with van der Waals surface area (Å²) in [5.41, 5.74) is 2.76. The van der Waals surface area contributed by atoms with Crippen molar-refractivity contribution in [3.8, 4) is 10.1 Å². The zero-order valence-corrected chi connectivity index (χ0v) is 16.5. The van der Waals surface area contributed by atoms with Crippen molar-refractivity contribution in [3.05, 3.63) is 28.3 Å². The van der Waals surface area contributed by atoms with E-state index in [0.29, 0.717) is 26.8 Å². The molecular formula is C19H24O5S. The number of hydrogen-bond donors (Lipinski definition) is 0. The van der Waals surface area contributed by atoms with Gasteiger partial charge in [0.15, 0.2) is 10.1 Å². The van der Waals surface area contributed by atoms with E-state index >= 15 is 0 Å². The summed E-state index contributed by atoms with van der Waals surface area (Å²) >= 11 is 1.38.